The highest BCUT2D eigenvalue weighted by atomic mass is 79.9. The predicted octanol–water partition coefficient (Wildman–Crippen LogP) is 5.05. The average Bonchev–Trinajstić information content (AvgIpc) is 2.80. The van der Waals surface area contributed by atoms with E-state index in [9.17, 15) is 4.39 Å². The molecule has 0 spiro atoms. The van der Waals surface area contributed by atoms with Gasteiger partial charge in [-0.25, -0.2) is 4.39 Å². The summed E-state index contributed by atoms with van der Waals surface area (Å²) in [4.78, 5) is 1.20. The molecular formula is C15H17BrFNS. The number of aryl methyl sites for hydroxylation is 1. The van der Waals surface area contributed by atoms with Crippen molar-refractivity contribution in [1.29, 1.82) is 0 Å². The fourth-order valence-corrected chi connectivity index (χ4v) is 3.58. The number of hydrogen-bond acceptors (Lipinski definition) is 2. The standard InChI is InChI=1S/C15H17BrFNS/c1-3-8-18-15(13-6-7-14(16)19-13)12-9-11(17)5-4-10(12)2/h4-7,9,15,18H,3,8H2,1-2H3. The molecule has 0 aliphatic rings. The van der Waals surface area contributed by atoms with Crippen molar-refractivity contribution in [2.45, 2.75) is 26.3 Å². The Balaban J connectivity index is 2.39. The lowest BCUT2D eigenvalue weighted by molar-refractivity contribution is 0.588. The van der Waals surface area contributed by atoms with Crippen molar-refractivity contribution in [2.75, 3.05) is 6.54 Å². The van der Waals surface area contributed by atoms with E-state index in [1.54, 1.807) is 17.4 Å². The molecule has 0 bridgehead atoms. The van der Waals surface area contributed by atoms with Crippen LogP contribution in [0.3, 0.4) is 0 Å². The van der Waals surface area contributed by atoms with Gasteiger partial charge in [-0.3, -0.25) is 0 Å². The fourth-order valence-electron chi connectivity index (χ4n) is 2.06. The molecule has 0 amide bonds. The Bertz CT molecular complexity index is 553. The summed E-state index contributed by atoms with van der Waals surface area (Å²) in [7, 11) is 0. The van der Waals surface area contributed by atoms with Crippen molar-refractivity contribution in [3.05, 3.63) is 55.9 Å². The lowest BCUT2D eigenvalue weighted by Crippen LogP contribution is -2.23. The molecule has 2 rings (SSSR count). The molecule has 1 heterocycles. The van der Waals surface area contributed by atoms with Gasteiger partial charge in [-0.1, -0.05) is 13.0 Å². The van der Waals surface area contributed by atoms with Gasteiger partial charge in [-0.15, -0.1) is 11.3 Å². The number of halogens is 2. The largest absolute Gasteiger partial charge is 0.306 e. The minimum atomic E-state index is -0.181. The first-order valence-corrected chi connectivity index (χ1v) is 7.97. The molecule has 0 saturated heterocycles. The van der Waals surface area contributed by atoms with Gasteiger partial charge in [0, 0.05) is 4.88 Å². The van der Waals surface area contributed by atoms with E-state index >= 15 is 0 Å². The second-order valence-electron chi connectivity index (χ2n) is 4.53. The lowest BCUT2D eigenvalue weighted by Gasteiger charge is -2.20. The maximum atomic E-state index is 13.5. The summed E-state index contributed by atoms with van der Waals surface area (Å²) in [6.45, 7) is 5.07. The first kappa shape index (κ1) is 14.7. The van der Waals surface area contributed by atoms with E-state index < -0.39 is 0 Å². The van der Waals surface area contributed by atoms with Crippen molar-refractivity contribution >= 4 is 27.3 Å². The maximum absolute atomic E-state index is 13.5. The second kappa shape index (κ2) is 6.64. The summed E-state index contributed by atoms with van der Waals surface area (Å²) < 4.78 is 14.6. The van der Waals surface area contributed by atoms with Crippen molar-refractivity contribution in [1.82, 2.24) is 5.32 Å². The zero-order chi connectivity index (χ0) is 13.8. The van der Waals surface area contributed by atoms with Crippen LogP contribution in [0.5, 0.6) is 0 Å². The molecule has 2 aromatic rings. The number of nitrogens with one attached hydrogen (secondary N) is 1. The topological polar surface area (TPSA) is 12.0 Å². The predicted molar refractivity (Wildman–Crippen MR) is 83.3 cm³/mol. The van der Waals surface area contributed by atoms with E-state index in [-0.39, 0.29) is 11.9 Å². The monoisotopic (exact) mass is 341 g/mol. The molecule has 1 aromatic heterocycles. The third kappa shape index (κ3) is 3.65. The summed E-state index contributed by atoms with van der Waals surface area (Å²) in [6.07, 6.45) is 1.05. The smallest absolute Gasteiger partial charge is 0.123 e. The molecule has 102 valence electrons. The molecule has 1 unspecified atom stereocenters. The highest BCUT2D eigenvalue weighted by Crippen LogP contribution is 2.32. The minimum Gasteiger partial charge on any atom is -0.306 e. The molecule has 0 saturated carbocycles. The van der Waals surface area contributed by atoms with Gasteiger partial charge in [0.15, 0.2) is 0 Å². The molecule has 4 heteroatoms. The van der Waals surface area contributed by atoms with Gasteiger partial charge in [0.05, 0.1) is 9.83 Å². The third-order valence-electron chi connectivity index (χ3n) is 3.03. The molecular weight excluding hydrogens is 325 g/mol. The summed E-state index contributed by atoms with van der Waals surface area (Å²) in [5.74, 6) is -0.181. The van der Waals surface area contributed by atoms with Crippen LogP contribution in [0.1, 0.15) is 35.4 Å². The summed E-state index contributed by atoms with van der Waals surface area (Å²) in [5, 5.41) is 3.51. The fraction of sp³-hybridized carbons (Fsp3) is 0.333. The van der Waals surface area contributed by atoms with E-state index in [0.29, 0.717) is 0 Å². The first-order chi connectivity index (χ1) is 9.11. The zero-order valence-electron chi connectivity index (χ0n) is 11.0. The van der Waals surface area contributed by atoms with Gasteiger partial charge in [0.25, 0.3) is 0 Å². The van der Waals surface area contributed by atoms with Gasteiger partial charge < -0.3 is 5.32 Å². The molecule has 19 heavy (non-hydrogen) atoms. The molecule has 1 aromatic carbocycles. The van der Waals surface area contributed by atoms with Crippen molar-refractivity contribution in [3.8, 4) is 0 Å². The summed E-state index contributed by atoms with van der Waals surface area (Å²) in [5.41, 5.74) is 2.13. The van der Waals surface area contributed by atoms with Crippen LogP contribution in [0.2, 0.25) is 0 Å². The van der Waals surface area contributed by atoms with Crippen LogP contribution in [0.25, 0.3) is 0 Å². The molecule has 0 fully saturated rings. The highest BCUT2D eigenvalue weighted by Gasteiger charge is 2.17. The quantitative estimate of drug-likeness (QED) is 0.802. The summed E-state index contributed by atoms with van der Waals surface area (Å²) >= 11 is 5.18. The Hall–Kier alpha value is -0.710. The van der Waals surface area contributed by atoms with Gasteiger partial charge >= 0.3 is 0 Å². The Morgan fingerprint density at radius 1 is 1.32 bits per heavy atom. The van der Waals surface area contributed by atoms with E-state index in [0.717, 1.165) is 27.9 Å². The van der Waals surface area contributed by atoms with Gasteiger partial charge in [0.1, 0.15) is 5.82 Å². The molecule has 0 radical (unpaired) electrons. The minimum absolute atomic E-state index is 0.0620. The zero-order valence-corrected chi connectivity index (χ0v) is 13.4. The van der Waals surface area contributed by atoms with Crippen LogP contribution in [0.4, 0.5) is 4.39 Å². The number of benzene rings is 1. The second-order valence-corrected chi connectivity index (χ2v) is 7.02. The van der Waals surface area contributed by atoms with Gasteiger partial charge in [0.2, 0.25) is 0 Å². The maximum Gasteiger partial charge on any atom is 0.123 e. The molecule has 1 N–H and O–H groups in total. The highest BCUT2D eigenvalue weighted by molar-refractivity contribution is 9.11. The van der Waals surface area contributed by atoms with Crippen LogP contribution >= 0.6 is 27.3 Å². The normalized spacial score (nSPS) is 12.6. The molecule has 1 nitrogen and oxygen atoms in total. The first-order valence-electron chi connectivity index (χ1n) is 6.36. The number of hydrogen-bond donors (Lipinski definition) is 1. The van der Waals surface area contributed by atoms with Crippen LogP contribution < -0.4 is 5.32 Å². The van der Waals surface area contributed by atoms with Crippen LogP contribution in [0, 0.1) is 12.7 Å². The Kier molecular flexibility index (Phi) is 5.13. The SMILES string of the molecule is CCCNC(c1ccc(Br)s1)c1cc(F)ccc1C. The van der Waals surface area contributed by atoms with Crippen LogP contribution in [-0.2, 0) is 0 Å². The number of thiophene rings is 1. The number of rotatable bonds is 5. The van der Waals surface area contributed by atoms with E-state index in [2.05, 4.69) is 34.2 Å². The van der Waals surface area contributed by atoms with Crippen molar-refractivity contribution in [2.24, 2.45) is 0 Å². The summed E-state index contributed by atoms with van der Waals surface area (Å²) in [6, 6.07) is 9.18. The molecule has 0 aliphatic carbocycles. The van der Waals surface area contributed by atoms with Crippen molar-refractivity contribution in [3.63, 3.8) is 0 Å². The van der Waals surface area contributed by atoms with E-state index in [4.69, 9.17) is 0 Å². The van der Waals surface area contributed by atoms with Gasteiger partial charge in [-0.05, 0) is 71.2 Å². The van der Waals surface area contributed by atoms with E-state index in [1.165, 1.54) is 10.9 Å². The van der Waals surface area contributed by atoms with E-state index in [1.807, 2.05) is 19.1 Å². The Morgan fingerprint density at radius 2 is 2.11 bits per heavy atom. The molecule has 1 atom stereocenters. The van der Waals surface area contributed by atoms with Crippen LogP contribution in [0.15, 0.2) is 34.1 Å². The van der Waals surface area contributed by atoms with Crippen LogP contribution in [-0.4, -0.2) is 6.54 Å². The Morgan fingerprint density at radius 3 is 2.74 bits per heavy atom. The Labute approximate surface area is 126 Å². The molecule has 0 aliphatic heterocycles. The van der Waals surface area contributed by atoms with Crippen molar-refractivity contribution < 1.29 is 4.39 Å². The third-order valence-corrected chi connectivity index (χ3v) is 4.72. The van der Waals surface area contributed by atoms with Gasteiger partial charge in [-0.2, -0.15) is 0 Å². The lowest BCUT2D eigenvalue weighted by atomic mass is 9.99. The average molecular weight is 342 g/mol.